The van der Waals surface area contributed by atoms with Gasteiger partial charge in [-0.05, 0) is 49.2 Å². The van der Waals surface area contributed by atoms with Crippen LogP contribution in [0.4, 0.5) is 5.69 Å². The fraction of sp³-hybridized carbons (Fsp3) is 0.250. The van der Waals surface area contributed by atoms with Crippen molar-refractivity contribution in [2.24, 2.45) is 5.92 Å². The molecule has 1 amide bonds. The molecule has 0 radical (unpaired) electrons. The lowest BCUT2D eigenvalue weighted by Gasteiger charge is -2.19. The van der Waals surface area contributed by atoms with Gasteiger partial charge in [0.05, 0.1) is 0 Å². The molecule has 1 heterocycles. The van der Waals surface area contributed by atoms with Crippen LogP contribution in [0.25, 0.3) is 0 Å². The Morgan fingerprint density at radius 1 is 1.00 bits per heavy atom. The monoisotopic (exact) mass is 319 g/mol. The SMILES string of the molecule is O=C(Nc1ccc2c(c1)OCCO2)c1ccc(C#CC2CC2)cc1. The van der Waals surface area contributed by atoms with Crippen molar-refractivity contribution in [2.45, 2.75) is 12.8 Å². The Kier molecular flexibility index (Phi) is 3.84. The second kappa shape index (κ2) is 6.29. The minimum Gasteiger partial charge on any atom is -0.486 e. The molecule has 2 aliphatic rings. The highest BCUT2D eigenvalue weighted by Crippen LogP contribution is 2.32. The van der Waals surface area contributed by atoms with E-state index in [4.69, 9.17) is 9.47 Å². The van der Waals surface area contributed by atoms with E-state index < -0.39 is 0 Å². The van der Waals surface area contributed by atoms with Crippen LogP contribution in [0, 0.1) is 17.8 Å². The minimum atomic E-state index is -0.159. The smallest absolute Gasteiger partial charge is 0.255 e. The molecule has 1 aliphatic carbocycles. The van der Waals surface area contributed by atoms with Crippen molar-refractivity contribution < 1.29 is 14.3 Å². The van der Waals surface area contributed by atoms with E-state index >= 15 is 0 Å². The summed E-state index contributed by atoms with van der Waals surface area (Å²) in [6.45, 7) is 1.07. The highest BCUT2D eigenvalue weighted by Gasteiger charge is 2.17. The number of hydrogen-bond donors (Lipinski definition) is 1. The third-order valence-electron chi connectivity index (χ3n) is 3.95. The summed E-state index contributed by atoms with van der Waals surface area (Å²) < 4.78 is 11.0. The number of carbonyl (C=O) groups is 1. The van der Waals surface area contributed by atoms with Gasteiger partial charge in [-0.3, -0.25) is 4.79 Å². The fourth-order valence-corrected chi connectivity index (χ4v) is 2.44. The van der Waals surface area contributed by atoms with E-state index in [1.165, 1.54) is 12.8 Å². The predicted molar refractivity (Wildman–Crippen MR) is 91.4 cm³/mol. The third kappa shape index (κ3) is 3.36. The summed E-state index contributed by atoms with van der Waals surface area (Å²) in [6, 6.07) is 12.8. The fourth-order valence-electron chi connectivity index (χ4n) is 2.44. The Hall–Kier alpha value is -2.93. The molecule has 2 aromatic carbocycles. The van der Waals surface area contributed by atoms with Gasteiger partial charge in [0.25, 0.3) is 5.91 Å². The number of nitrogens with one attached hydrogen (secondary N) is 1. The molecule has 120 valence electrons. The van der Waals surface area contributed by atoms with Crippen LogP contribution in [0.1, 0.15) is 28.8 Å². The molecular formula is C20H17NO3. The van der Waals surface area contributed by atoms with Crippen molar-refractivity contribution in [1.29, 1.82) is 0 Å². The molecule has 1 N–H and O–H groups in total. The number of anilines is 1. The zero-order valence-electron chi connectivity index (χ0n) is 13.2. The van der Waals surface area contributed by atoms with Gasteiger partial charge in [0.15, 0.2) is 11.5 Å². The largest absolute Gasteiger partial charge is 0.486 e. The minimum absolute atomic E-state index is 0.159. The molecule has 1 saturated carbocycles. The van der Waals surface area contributed by atoms with Crippen molar-refractivity contribution in [3.63, 3.8) is 0 Å². The summed E-state index contributed by atoms with van der Waals surface area (Å²) in [5.41, 5.74) is 2.22. The first-order valence-corrected chi connectivity index (χ1v) is 8.10. The number of benzene rings is 2. The second-order valence-corrected chi connectivity index (χ2v) is 5.93. The van der Waals surface area contributed by atoms with Crippen molar-refractivity contribution >= 4 is 11.6 Å². The van der Waals surface area contributed by atoms with Gasteiger partial charge in [-0.15, -0.1) is 0 Å². The molecule has 2 aromatic rings. The lowest BCUT2D eigenvalue weighted by atomic mass is 10.1. The van der Waals surface area contributed by atoms with Crippen molar-refractivity contribution in [3.05, 3.63) is 53.6 Å². The average Bonchev–Trinajstić information content (AvgIpc) is 3.45. The molecule has 0 aromatic heterocycles. The summed E-state index contributed by atoms with van der Waals surface area (Å²) in [5, 5.41) is 2.88. The lowest BCUT2D eigenvalue weighted by molar-refractivity contribution is 0.102. The third-order valence-corrected chi connectivity index (χ3v) is 3.95. The average molecular weight is 319 g/mol. The Balaban J connectivity index is 1.45. The van der Waals surface area contributed by atoms with Gasteiger partial charge in [-0.1, -0.05) is 11.8 Å². The van der Waals surface area contributed by atoms with E-state index in [-0.39, 0.29) is 5.91 Å². The van der Waals surface area contributed by atoms with E-state index in [1.54, 1.807) is 30.3 Å². The number of carbonyl (C=O) groups excluding carboxylic acids is 1. The van der Waals surface area contributed by atoms with E-state index in [2.05, 4.69) is 17.2 Å². The van der Waals surface area contributed by atoms with Crippen molar-refractivity contribution in [3.8, 4) is 23.3 Å². The van der Waals surface area contributed by atoms with Gasteiger partial charge in [0.1, 0.15) is 13.2 Å². The van der Waals surface area contributed by atoms with Crippen LogP contribution in [-0.4, -0.2) is 19.1 Å². The van der Waals surface area contributed by atoms with Crippen LogP contribution >= 0.6 is 0 Å². The first-order chi connectivity index (χ1) is 11.8. The number of fused-ring (bicyclic) bond motifs is 1. The molecule has 4 heteroatoms. The summed E-state index contributed by atoms with van der Waals surface area (Å²) in [4.78, 5) is 12.4. The molecule has 1 aliphatic heterocycles. The van der Waals surface area contributed by atoms with Crippen LogP contribution in [-0.2, 0) is 0 Å². The molecular weight excluding hydrogens is 302 g/mol. The van der Waals surface area contributed by atoms with E-state index in [1.807, 2.05) is 12.1 Å². The van der Waals surface area contributed by atoms with Crippen molar-refractivity contribution in [2.75, 3.05) is 18.5 Å². The molecule has 0 unspecified atom stereocenters. The normalized spacial score (nSPS) is 15.2. The van der Waals surface area contributed by atoms with Crippen LogP contribution < -0.4 is 14.8 Å². The van der Waals surface area contributed by atoms with E-state index in [0.29, 0.717) is 41.9 Å². The topological polar surface area (TPSA) is 47.6 Å². The zero-order chi connectivity index (χ0) is 16.4. The van der Waals surface area contributed by atoms with Gasteiger partial charge < -0.3 is 14.8 Å². The molecule has 1 fully saturated rings. The predicted octanol–water partition coefficient (Wildman–Crippen LogP) is 3.47. The number of amides is 1. The van der Waals surface area contributed by atoms with E-state index in [0.717, 1.165) is 5.56 Å². The Morgan fingerprint density at radius 3 is 2.50 bits per heavy atom. The Bertz CT molecular complexity index is 826. The summed E-state index contributed by atoms with van der Waals surface area (Å²) in [6.07, 6.45) is 2.42. The maximum Gasteiger partial charge on any atom is 0.255 e. The number of rotatable bonds is 2. The highest BCUT2D eigenvalue weighted by molar-refractivity contribution is 6.04. The summed E-state index contributed by atoms with van der Waals surface area (Å²) in [5.74, 6) is 8.14. The lowest BCUT2D eigenvalue weighted by Crippen LogP contribution is -2.16. The van der Waals surface area contributed by atoms with Gasteiger partial charge >= 0.3 is 0 Å². The molecule has 4 nitrogen and oxygen atoms in total. The zero-order valence-corrected chi connectivity index (χ0v) is 13.2. The van der Waals surface area contributed by atoms with E-state index in [9.17, 15) is 4.79 Å². The van der Waals surface area contributed by atoms with Crippen LogP contribution in [0.2, 0.25) is 0 Å². The van der Waals surface area contributed by atoms with Gasteiger partial charge in [-0.2, -0.15) is 0 Å². The molecule has 0 saturated heterocycles. The quantitative estimate of drug-likeness (QED) is 0.862. The molecule has 0 bridgehead atoms. The number of hydrogen-bond acceptors (Lipinski definition) is 3. The highest BCUT2D eigenvalue weighted by atomic mass is 16.6. The maximum absolute atomic E-state index is 12.4. The standard InChI is InChI=1S/C20H17NO3/c22-20(16-7-5-15(6-8-16)4-3-14-1-2-14)21-17-9-10-18-19(13-17)24-12-11-23-18/h5-10,13-14H,1-2,11-12H2,(H,21,22). The van der Waals surface area contributed by atoms with Gasteiger partial charge in [-0.25, -0.2) is 0 Å². The van der Waals surface area contributed by atoms with Crippen LogP contribution in [0.5, 0.6) is 11.5 Å². The Labute approximate surface area is 140 Å². The first kappa shape index (κ1) is 14.6. The summed E-state index contributed by atoms with van der Waals surface area (Å²) >= 11 is 0. The molecule has 0 spiro atoms. The van der Waals surface area contributed by atoms with Crippen molar-refractivity contribution in [1.82, 2.24) is 0 Å². The van der Waals surface area contributed by atoms with Gasteiger partial charge in [0.2, 0.25) is 0 Å². The molecule has 4 rings (SSSR count). The number of ether oxygens (including phenoxy) is 2. The first-order valence-electron chi connectivity index (χ1n) is 8.10. The van der Waals surface area contributed by atoms with Crippen LogP contribution in [0.15, 0.2) is 42.5 Å². The van der Waals surface area contributed by atoms with Crippen LogP contribution in [0.3, 0.4) is 0 Å². The summed E-state index contributed by atoms with van der Waals surface area (Å²) in [7, 11) is 0. The second-order valence-electron chi connectivity index (χ2n) is 5.93. The maximum atomic E-state index is 12.4. The molecule has 0 atom stereocenters. The Morgan fingerprint density at radius 2 is 1.75 bits per heavy atom. The molecule has 24 heavy (non-hydrogen) atoms. The van der Waals surface area contributed by atoms with Gasteiger partial charge in [0, 0.05) is 28.8 Å².